The average Bonchev–Trinajstić information content (AvgIpc) is 2.98. The predicted molar refractivity (Wildman–Crippen MR) is 77.8 cm³/mol. The van der Waals surface area contributed by atoms with E-state index in [1.165, 1.54) is 5.69 Å². The lowest BCUT2D eigenvalue weighted by Crippen LogP contribution is -2.08. The molecule has 18 heavy (non-hydrogen) atoms. The van der Waals surface area contributed by atoms with Gasteiger partial charge in [0.25, 0.3) is 0 Å². The number of hydrogen-bond donors (Lipinski definition) is 2. The maximum atomic E-state index is 6.29. The Hall–Kier alpha value is -0.710. The highest BCUT2D eigenvalue weighted by Crippen LogP contribution is 2.41. The van der Waals surface area contributed by atoms with Crippen molar-refractivity contribution in [1.29, 1.82) is 0 Å². The van der Waals surface area contributed by atoms with Crippen molar-refractivity contribution >= 4 is 38.4 Å². The van der Waals surface area contributed by atoms with Crippen molar-refractivity contribution in [3.05, 3.63) is 27.3 Å². The molecule has 2 N–H and O–H groups in total. The molecule has 0 bridgehead atoms. The van der Waals surface area contributed by atoms with Crippen molar-refractivity contribution in [1.82, 2.24) is 10.3 Å². The molecule has 3 nitrogen and oxygen atoms in total. The van der Waals surface area contributed by atoms with Gasteiger partial charge in [-0.25, -0.2) is 0 Å². The predicted octanol–water partition coefficient (Wildman–Crippen LogP) is 3.67. The van der Waals surface area contributed by atoms with Crippen LogP contribution in [-0.2, 0) is 0 Å². The smallest absolute Gasteiger partial charge is 0.143 e. The van der Waals surface area contributed by atoms with E-state index in [0.717, 1.165) is 45.7 Å². The average molecular weight is 330 g/mol. The van der Waals surface area contributed by atoms with Gasteiger partial charge in [-0.2, -0.15) is 0 Å². The molecule has 1 aliphatic heterocycles. The van der Waals surface area contributed by atoms with E-state index in [1.807, 2.05) is 12.1 Å². The molecule has 1 aromatic heterocycles. The highest BCUT2D eigenvalue weighted by atomic mass is 79.9. The van der Waals surface area contributed by atoms with Crippen molar-refractivity contribution < 1.29 is 4.74 Å². The van der Waals surface area contributed by atoms with Crippen LogP contribution in [0.4, 0.5) is 0 Å². The number of methoxy groups -OCH3 is 1. The second-order valence-corrected chi connectivity index (χ2v) is 5.74. The van der Waals surface area contributed by atoms with Gasteiger partial charge in [0.15, 0.2) is 0 Å². The first-order chi connectivity index (χ1) is 8.72. The monoisotopic (exact) mass is 328 g/mol. The Kier molecular flexibility index (Phi) is 3.26. The third-order valence-electron chi connectivity index (χ3n) is 3.52. The van der Waals surface area contributed by atoms with Crippen LogP contribution in [0.5, 0.6) is 5.75 Å². The van der Waals surface area contributed by atoms with Gasteiger partial charge in [0, 0.05) is 28.0 Å². The van der Waals surface area contributed by atoms with Crippen molar-refractivity contribution in [3.63, 3.8) is 0 Å². The number of fused-ring (bicyclic) bond motifs is 1. The van der Waals surface area contributed by atoms with Crippen LogP contribution in [0, 0.1) is 0 Å². The van der Waals surface area contributed by atoms with Crippen molar-refractivity contribution in [2.24, 2.45) is 0 Å². The topological polar surface area (TPSA) is 37.0 Å². The van der Waals surface area contributed by atoms with E-state index in [2.05, 4.69) is 26.2 Å². The molecule has 0 saturated carbocycles. The molecule has 1 atom stereocenters. The molecule has 96 valence electrons. The van der Waals surface area contributed by atoms with Crippen LogP contribution >= 0.6 is 27.5 Å². The number of aromatic amines is 1. The summed E-state index contributed by atoms with van der Waals surface area (Å²) in [6.45, 7) is 2.07. The van der Waals surface area contributed by atoms with Gasteiger partial charge in [0.05, 0.1) is 17.6 Å². The largest absolute Gasteiger partial charge is 0.495 e. The molecular formula is C13H14BrClN2O. The zero-order valence-corrected chi connectivity index (χ0v) is 12.4. The molecule has 2 aromatic rings. The van der Waals surface area contributed by atoms with Gasteiger partial charge in [-0.05, 0) is 41.0 Å². The second kappa shape index (κ2) is 4.76. The fourth-order valence-electron chi connectivity index (χ4n) is 2.57. The normalized spacial score (nSPS) is 19.6. The highest BCUT2D eigenvalue weighted by molar-refractivity contribution is 9.10. The molecule has 0 radical (unpaired) electrons. The molecule has 1 saturated heterocycles. The lowest BCUT2D eigenvalue weighted by Gasteiger charge is -2.06. The van der Waals surface area contributed by atoms with E-state index in [9.17, 15) is 0 Å². The summed E-state index contributed by atoms with van der Waals surface area (Å²) in [5, 5.41) is 5.13. The van der Waals surface area contributed by atoms with Crippen LogP contribution in [0.1, 0.15) is 18.0 Å². The van der Waals surface area contributed by atoms with Gasteiger partial charge in [0.1, 0.15) is 5.75 Å². The third kappa shape index (κ3) is 1.83. The quantitative estimate of drug-likeness (QED) is 0.882. The molecule has 0 aliphatic carbocycles. The van der Waals surface area contributed by atoms with Crippen molar-refractivity contribution in [2.45, 2.75) is 12.3 Å². The molecule has 1 unspecified atom stereocenters. The molecule has 1 fully saturated rings. The first kappa shape index (κ1) is 12.3. The summed E-state index contributed by atoms with van der Waals surface area (Å²) in [6.07, 6.45) is 1.14. The second-order valence-electron chi connectivity index (χ2n) is 4.54. The minimum atomic E-state index is 0.507. The van der Waals surface area contributed by atoms with E-state index < -0.39 is 0 Å². The number of ether oxygens (including phenoxy) is 1. The number of nitrogens with one attached hydrogen (secondary N) is 2. The summed E-state index contributed by atoms with van der Waals surface area (Å²) in [4.78, 5) is 3.47. The minimum Gasteiger partial charge on any atom is -0.495 e. The Balaban J connectivity index is 2.22. The molecule has 3 rings (SSSR count). The lowest BCUT2D eigenvalue weighted by molar-refractivity contribution is 0.419. The summed E-state index contributed by atoms with van der Waals surface area (Å²) in [5.74, 6) is 1.33. The lowest BCUT2D eigenvalue weighted by atomic mass is 10.1. The van der Waals surface area contributed by atoms with E-state index in [-0.39, 0.29) is 0 Å². The van der Waals surface area contributed by atoms with Crippen LogP contribution in [-0.4, -0.2) is 25.2 Å². The Morgan fingerprint density at radius 1 is 1.44 bits per heavy atom. The Labute approximate surface area is 119 Å². The van der Waals surface area contributed by atoms with E-state index >= 15 is 0 Å². The van der Waals surface area contributed by atoms with Crippen LogP contribution in [0.2, 0.25) is 5.02 Å². The van der Waals surface area contributed by atoms with Gasteiger partial charge < -0.3 is 15.0 Å². The zero-order valence-electron chi connectivity index (χ0n) is 10.0. The molecule has 1 aromatic carbocycles. The summed E-state index contributed by atoms with van der Waals surface area (Å²) >= 11 is 9.97. The zero-order chi connectivity index (χ0) is 12.7. The molecule has 5 heteroatoms. The standard InChI is InChI=1S/C13H14BrClN2O/c1-18-9-3-2-8(15)10-11(14)12(17-13(9)10)7-4-5-16-6-7/h2-3,7,16-17H,4-6H2,1H3. The molecule has 2 heterocycles. The number of rotatable bonds is 2. The maximum Gasteiger partial charge on any atom is 0.143 e. The number of aromatic nitrogens is 1. The van der Waals surface area contributed by atoms with E-state index in [4.69, 9.17) is 16.3 Å². The summed E-state index contributed by atoms with van der Waals surface area (Å²) < 4.78 is 6.45. The number of halogens is 2. The van der Waals surface area contributed by atoms with Crippen LogP contribution < -0.4 is 10.1 Å². The van der Waals surface area contributed by atoms with Crippen LogP contribution in [0.3, 0.4) is 0 Å². The van der Waals surface area contributed by atoms with Gasteiger partial charge in [-0.3, -0.25) is 0 Å². The fraction of sp³-hybridized carbons (Fsp3) is 0.385. The fourth-order valence-corrected chi connectivity index (χ4v) is 3.77. The van der Waals surface area contributed by atoms with Crippen molar-refractivity contribution in [2.75, 3.05) is 20.2 Å². The molecule has 0 spiro atoms. The van der Waals surface area contributed by atoms with Gasteiger partial charge in [-0.15, -0.1) is 0 Å². The SMILES string of the molecule is COc1ccc(Cl)c2c(Br)c(C3CCNC3)[nH]c12. The van der Waals surface area contributed by atoms with E-state index in [1.54, 1.807) is 7.11 Å². The summed E-state index contributed by atoms with van der Waals surface area (Å²) in [7, 11) is 1.67. The molecular weight excluding hydrogens is 316 g/mol. The highest BCUT2D eigenvalue weighted by Gasteiger charge is 2.24. The Morgan fingerprint density at radius 3 is 2.94 bits per heavy atom. The number of hydrogen-bond acceptors (Lipinski definition) is 2. The van der Waals surface area contributed by atoms with Crippen molar-refractivity contribution in [3.8, 4) is 5.75 Å². The Bertz CT molecular complexity index is 590. The minimum absolute atomic E-state index is 0.507. The summed E-state index contributed by atoms with van der Waals surface area (Å²) in [6, 6.07) is 3.77. The van der Waals surface area contributed by atoms with Gasteiger partial charge >= 0.3 is 0 Å². The first-order valence-corrected chi connectivity index (χ1v) is 7.13. The van der Waals surface area contributed by atoms with Gasteiger partial charge in [0.2, 0.25) is 0 Å². The van der Waals surface area contributed by atoms with Crippen LogP contribution in [0.25, 0.3) is 10.9 Å². The van der Waals surface area contributed by atoms with Gasteiger partial charge in [-0.1, -0.05) is 11.6 Å². The molecule has 1 aliphatic rings. The first-order valence-electron chi connectivity index (χ1n) is 5.96. The maximum absolute atomic E-state index is 6.29. The summed E-state index contributed by atoms with van der Waals surface area (Å²) in [5.41, 5.74) is 2.18. The van der Waals surface area contributed by atoms with E-state index in [0.29, 0.717) is 5.92 Å². The number of benzene rings is 1. The molecule has 0 amide bonds. The third-order valence-corrected chi connectivity index (χ3v) is 4.66. The van der Waals surface area contributed by atoms with Crippen LogP contribution in [0.15, 0.2) is 16.6 Å². The number of H-pyrrole nitrogens is 1. The Morgan fingerprint density at radius 2 is 2.28 bits per heavy atom.